The minimum Gasteiger partial charge on any atom is -0.374 e. The predicted molar refractivity (Wildman–Crippen MR) is 103 cm³/mol. The second-order valence-electron chi connectivity index (χ2n) is 7.45. The molecule has 2 aliphatic rings. The highest BCUT2D eigenvalue weighted by molar-refractivity contribution is 6.28. The third-order valence-electron chi connectivity index (χ3n) is 5.07. The Bertz CT molecular complexity index is 902. The molecule has 1 N–H and O–H groups in total. The first-order valence-electron chi connectivity index (χ1n) is 8.87. The molecule has 26 heavy (non-hydrogen) atoms. The van der Waals surface area contributed by atoms with Gasteiger partial charge in [-0.05, 0) is 50.8 Å². The van der Waals surface area contributed by atoms with Crippen molar-refractivity contribution in [2.24, 2.45) is 4.99 Å². The zero-order valence-electron chi connectivity index (χ0n) is 15.4. The number of fused-ring (bicyclic) bond motifs is 2. The SMILES string of the molecule is Cc1ccc2c(c1)C(=O)[C@]1(O)CCN(c3ccc(CN(C)C)cc3)C1=N2. The number of hydrogen-bond acceptors (Lipinski definition) is 5. The quantitative estimate of drug-likeness (QED) is 0.926. The second-order valence-corrected chi connectivity index (χ2v) is 7.45. The van der Waals surface area contributed by atoms with Gasteiger partial charge < -0.3 is 14.9 Å². The minimum atomic E-state index is -1.52. The molecular formula is C21H23N3O2. The molecule has 0 saturated carbocycles. The Labute approximate surface area is 153 Å². The van der Waals surface area contributed by atoms with Gasteiger partial charge in [0.05, 0.1) is 5.69 Å². The first-order valence-corrected chi connectivity index (χ1v) is 8.87. The molecule has 1 fully saturated rings. The third-order valence-corrected chi connectivity index (χ3v) is 5.07. The number of anilines is 1. The van der Waals surface area contributed by atoms with E-state index >= 15 is 0 Å². The monoisotopic (exact) mass is 349 g/mol. The second kappa shape index (κ2) is 6.04. The number of benzene rings is 2. The standard InChI is InChI=1S/C21H23N3O2/c1-14-4-9-18-17(12-14)19(25)21(26)10-11-24(20(21)22-18)16-7-5-15(6-8-16)13-23(2)3/h4-9,12,26H,10-11,13H2,1-3H3/t21-/m1/s1. The van der Waals surface area contributed by atoms with Crippen molar-refractivity contribution in [3.63, 3.8) is 0 Å². The van der Waals surface area contributed by atoms with Crippen molar-refractivity contribution in [3.8, 4) is 0 Å². The molecule has 2 aromatic rings. The number of hydrogen-bond donors (Lipinski definition) is 1. The first kappa shape index (κ1) is 16.9. The van der Waals surface area contributed by atoms with Crippen molar-refractivity contribution in [2.75, 3.05) is 25.5 Å². The highest BCUT2D eigenvalue weighted by Crippen LogP contribution is 2.39. The van der Waals surface area contributed by atoms with Crippen molar-refractivity contribution in [1.82, 2.24) is 4.90 Å². The van der Waals surface area contributed by atoms with Gasteiger partial charge in [0.1, 0.15) is 5.84 Å². The van der Waals surface area contributed by atoms with Crippen LogP contribution >= 0.6 is 0 Å². The van der Waals surface area contributed by atoms with E-state index in [1.165, 1.54) is 5.56 Å². The van der Waals surface area contributed by atoms with E-state index in [4.69, 9.17) is 0 Å². The van der Waals surface area contributed by atoms with E-state index in [0.29, 0.717) is 30.1 Å². The first-order chi connectivity index (χ1) is 12.4. The molecule has 5 nitrogen and oxygen atoms in total. The van der Waals surface area contributed by atoms with Gasteiger partial charge in [-0.25, -0.2) is 4.99 Å². The van der Waals surface area contributed by atoms with Gasteiger partial charge in [0, 0.05) is 30.8 Å². The molecule has 2 aromatic carbocycles. The Hall–Kier alpha value is -2.50. The molecule has 0 unspecified atom stereocenters. The number of nitrogens with zero attached hydrogens (tertiary/aromatic N) is 3. The molecule has 4 rings (SSSR count). The van der Waals surface area contributed by atoms with E-state index < -0.39 is 5.60 Å². The fourth-order valence-electron chi connectivity index (χ4n) is 3.75. The Balaban J connectivity index is 1.72. The number of amidine groups is 1. The average molecular weight is 349 g/mol. The van der Waals surface area contributed by atoms with Crippen molar-refractivity contribution in [3.05, 3.63) is 59.2 Å². The largest absolute Gasteiger partial charge is 0.374 e. The summed E-state index contributed by atoms with van der Waals surface area (Å²) >= 11 is 0. The van der Waals surface area contributed by atoms with Crippen LogP contribution in [0.5, 0.6) is 0 Å². The summed E-state index contributed by atoms with van der Waals surface area (Å²) in [4.78, 5) is 21.7. The summed E-state index contributed by atoms with van der Waals surface area (Å²) in [5.41, 5.74) is 2.78. The maximum atomic E-state index is 13.0. The molecule has 0 amide bonds. The van der Waals surface area contributed by atoms with E-state index in [-0.39, 0.29) is 5.78 Å². The maximum absolute atomic E-state index is 13.0. The van der Waals surface area contributed by atoms with E-state index in [2.05, 4.69) is 22.0 Å². The Kier molecular flexibility index (Phi) is 3.93. The van der Waals surface area contributed by atoms with Crippen LogP contribution in [0.3, 0.4) is 0 Å². The van der Waals surface area contributed by atoms with E-state index in [9.17, 15) is 9.90 Å². The lowest BCUT2D eigenvalue weighted by Gasteiger charge is -2.30. The lowest BCUT2D eigenvalue weighted by atomic mass is 9.87. The summed E-state index contributed by atoms with van der Waals surface area (Å²) in [7, 11) is 4.08. The van der Waals surface area contributed by atoms with Crippen LogP contribution in [-0.4, -0.2) is 47.9 Å². The number of aliphatic hydroxyl groups is 1. The number of carbonyl (C=O) groups is 1. The topological polar surface area (TPSA) is 56.1 Å². The van der Waals surface area contributed by atoms with Gasteiger partial charge >= 0.3 is 0 Å². The maximum Gasteiger partial charge on any atom is 0.204 e. The third kappa shape index (κ3) is 2.64. The minimum absolute atomic E-state index is 0.243. The fourth-order valence-corrected chi connectivity index (χ4v) is 3.75. The van der Waals surface area contributed by atoms with Crippen LogP contribution in [-0.2, 0) is 6.54 Å². The van der Waals surface area contributed by atoms with Crippen LogP contribution < -0.4 is 4.90 Å². The molecule has 0 spiro atoms. The van der Waals surface area contributed by atoms with Gasteiger partial charge in [0.25, 0.3) is 0 Å². The summed E-state index contributed by atoms with van der Waals surface area (Å²) in [5.74, 6) is 0.201. The summed E-state index contributed by atoms with van der Waals surface area (Å²) < 4.78 is 0. The van der Waals surface area contributed by atoms with Crippen LogP contribution in [0.4, 0.5) is 11.4 Å². The lowest BCUT2D eigenvalue weighted by molar-refractivity contribution is 0.0602. The molecule has 0 aromatic heterocycles. The molecule has 1 saturated heterocycles. The lowest BCUT2D eigenvalue weighted by Crippen LogP contribution is -2.48. The van der Waals surface area contributed by atoms with E-state index in [1.54, 1.807) is 0 Å². The van der Waals surface area contributed by atoms with Crippen molar-refractivity contribution >= 4 is 23.0 Å². The Morgan fingerprint density at radius 3 is 2.62 bits per heavy atom. The van der Waals surface area contributed by atoms with Gasteiger partial charge in [-0.2, -0.15) is 0 Å². The van der Waals surface area contributed by atoms with Gasteiger partial charge in [0.2, 0.25) is 5.78 Å². The van der Waals surface area contributed by atoms with Crippen molar-refractivity contribution in [1.29, 1.82) is 0 Å². The predicted octanol–water partition coefficient (Wildman–Crippen LogP) is 2.92. The normalized spacial score (nSPS) is 21.7. The molecule has 134 valence electrons. The molecule has 5 heteroatoms. The summed E-state index contributed by atoms with van der Waals surface area (Å²) in [5, 5.41) is 11.1. The van der Waals surface area contributed by atoms with Gasteiger partial charge in [-0.3, -0.25) is 4.79 Å². The molecule has 0 radical (unpaired) electrons. The molecular weight excluding hydrogens is 326 g/mol. The summed E-state index contributed by atoms with van der Waals surface area (Å²) in [6, 6.07) is 13.8. The fraction of sp³-hybridized carbons (Fsp3) is 0.333. The molecule has 0 bridgehead atoms. The van der Waals surface area contributed by atoms with Gasteiger partial charge in [0.15, 0.2) is 5.60 Å². The van der Waals surface area contributed by atoms with Gasteiger partial charge in [-0.1, -0.05) is 23.8 Å². The molecule has 2 heterocycles. The van der Waals surface area contributed by atoms with Crippen molar-refractivity contribution in [2.45, 2.75) is 25.5 Å². The number of carbonyl (C=O) groups excluding carboxylic acids is 1. The Morgan fingerprint density at radius 2 is 1.92 bits per heavy atom. The van der Waals surface area contributed by atoms with Crippen molar-refractivity contribution < 1.29 is 9.90 Å². The number of ketones is 1. The van der Waals surface area contributed by atoms with Crippen LogP contribution in [0.25, 0.3) is 0 Å². The number of aliphatic imine (C=N–C) groups is 1. The number of rotatable bonds is 3. The average Bonchev–Trinajstić information content (AvgIpc) is 2.94. The molecule has 0 aliphatic carbocycles. The number of Topliss-reactive ketones (excluding diaryl/α,β-unsaturated/α-hetero) is 1. The van der Waals surface area contributed by atoms with Crippen LogP contribution in [0.2, 0.25) is 0 Å². The molecule has 1 atom stereocenters. The Morgan fingerprint density at radius 1 is 1.19 bits per heavy atom. The highest BCUT2D eigenvalue weighted by atomic mass is 16.3. The summed E-state index contributed by atoms with van der Waals surface area (Å²) in [6.07, 6.45) is 0.359. The smallest absolute Gasteiger partial charge is 0.204 e. The number of aryl methyl sites for hydroxylation is 1. The van der Waals surface area contributed by atoms with Crippen LogP contribution in [0.15, 0.2) is 47.5 Å². The van der Waals surface area contributed by atoms with Crippen LogP contribution in [0, 0.1) is 6.92 Å². The van der Waals surface area contributed by atoms with E-state index in [0.717, 1.165) is 17.8 Å². The zero-order chi connectivity index (χ0) is 18.5. The van der Waals surface area contributed by atoms with Gasteiger partial charge in [-0.15, -0.1) is 0 Å². The highest BCUT2D eigenvalue weighted by Gasteiger charge is 2.52. The van der Waals surface area contributed by atoms with E-state index in [1.807, 2.05) is 56.3 Å². The molecule has 2 aliphatic heterocycles. The summed E-state index contributed by atoms with van der Waals surface area (Å²) in [6.45, 7) is 3.38. The zero-order valence-corrected chi connectivity index (χ0v) is 15.4. The van der Waals surface area contributed by atoms with Crippen LogP contribution in [0.1, 0.15) is 27.9 Å².